The zero-order valence-electron chi connectivity index (χ0n) is 41.9. The molecule has 0 radical (unpaired) electrons. The standard InChI is InChI=1S/C72H46N4O/c1-3-16-44(17-4-1)47-22-15-23-51(39-47)70-73-71(52-33-34-57-56-28-13-14-29-65(56)76(66(57)41-52)53-24-5-2-6-25-53)75-72(74-70)64-43-67-63(60-37-31-46-19-10-12-27-55(46)69(60)77-67)42-62(64)59-36-32-50-38-48-20-7-8-21-49(48)40-61(50)58-35-30-45-18-9-11-26-54(45)68(58)59/h1-31,33-35,37-43,59H,32,36H2. The van der Waals surface area contributed by atoms with Gasteiger partial charge in [0.05, 0.1) is 11.0 Å². The maximum atomic E-state index is 7.08. The van der Waals surface area contributed by atoms with E-state index in [1.165, 1.54) is 49.2 Å². The van der Waals surface area contributed by atoms with Gasteiger partial charge in [0.15, 0.2) is 17.5 Å². The summed E-state index contributed by atoms with van der Waals surface area (Å²) in [6.45, 7) is 0. The number of hydrogen-bond acceptors (Lipinski definition) is 4. The molecule has 1 atom stereocenters. The smallest absolute Gasteiger partial charge is 0.164 e. The van der Waals surface area contributed by atoms with Crippen molar-refractivity contribution in [1.29, 1.82) is 0 Å². The second kappa shape index (κ2) is 17.3. The molecule has 0 bridgehead atoms. The summed E-state index contributed by atoms with van der Waals surface area (Å²) in [5.41, 5.74) is 16.3. The molecule has 5 nitrogen and oxygen atoms in total. The third-order valence-corrected chi connectivity index (χ3v) is 16.2. The Labute approximate surface area is 444 Å². The van der Waals surface area contributed by atoms with Gasteiger partial charge in [0.2, 0.25) is 0 Å². The van der Waals surface area contributed by atoms with Crippen molar-refractivity contribution < 1.29 is 4.42 Å². The SMILES string of the molecule is c1ccc(-c2cccc(-c3nc(-c4ccc5c6ccccc6n(-c6ccccc6)c5c4)nc(-c4cc5oc6c7ccccc7ccc6c5cc4C4CCc5cc6ccccc6cc5-c5ccc6ccccc6c54)n3)c2)cc1. The van der Waals surface area contributed by atoms with Gasteiger partial charge < -0.3 is 8.98 Å². The fraction of sp³-hybridized carbons (Fsp3) is 0.0417. The summed E-state index contributed by atoms with van der Waals surface area (Å²) < 4.78 is 9.44. The third kappa shape index (κ3) is 7.04. The number of aryl methyl sites for hydroxylation is 1. The van der Waals surface area contributed by atoms with Crippen LogP contribution < -0.4 is 0 Å². The van der Waals surface area contributed by atoms with Crippen LogP contribution in [0, 0.1) is 0 Å². The minimum Gasteiger partial charge on any atom is -0.455 e. The summed E-state index contributed by atoms with van der Waals surface area (Å²) in [5, 5.41) is 11.7. The molecule has 0 fully saturated rings. The van der Waals surface area contributed by atoms with Crippen LogP contribution in [0.3, 0.4) is 0 Å². The first-order chi connectivity index (χ1) is 38.1. The lowest BCUT2D eigenvalue weighted by atomic mass is 9.80. The number of furan rings is 1. The van der Waals surface area contributed by atoms with E-state index in [1.807, 2.05) is 0 Å². The average molecular weight is 983 g/mol. The second-order valence-corrected chi connectivity index (χ2v) is 20.6. The number of benzene rings is 12. The largest absolute Gasteiger partial charge is 0.455 e. The lowest BCUT2D eigenvalue weighted by Gasteiger charge is -2.24. The molecule has 3 heterocycles. The number of fused-ring (bicyclic) bond motifs is 14. The van der Waals surface area contributed by atoms with Gasteiger partial charge in [-0.2, -0.15) is 0 Å². The lowest BCUT2D eigenvalue weighted by Crippen LogP contribution is -2.08. The molecule has 360 valence electrons. The fourth-order valence-corrected chi connectivity index (χ4v) is 12.6. The van der Waals surface area contributed by atoms with Crippen LogP contribution in [0.5, 0.6) is 0 Å². The Hall–Kier alpha value is -9.97. The van der Waals surface area contributed by atoms with E-state index in [1.54, 1.807) is 0 Å². The monoisotopic (exact) mass is 982 g/mol. The van der Waals surface area contributed by atoms with E-state index >= 15 is 0 Å². The molecular weight excluding hydrogens is 937 g/mol. The van der Waals surface area contributed by atoms with Gasteiger partial charge in [0, 0.05) is 55.2 Å². The fourth-order valence-electron chi connectivity index (χ4n) is 12.6. The van der Waals surface area contributed by atoms with Crippen molar-refractivity contribution in [2.75, 3.05) is 0 Å². The zero-order chi connectivity index (χ0) is 50.6. The molecule has 1 aliphatic carbocycles. The number of para-hydroxylation sites is 2. The molecule has 0 aliphatic heterocycles. The summed E-state index contributed by atoms with van der Waals surface area (Å²) in [5.74, 6) is 1.73. The van der Waals surface area contributed by atoms with Crippen LogP contribution in [0.4, 0.5) is 0 Å². The van der Waals surface area contributed by atoms with Gasteiger partial charge in [-0.3, -0.25) is 0 Å². The molecule has 12 aromatic carbocycles. The summed E-state index contributed by atoms with van der Waals surface area (Å²) in [6, 6.07) is 89.8. The molecule has 0 saturated carbocycles. The predicted octanol–water partition coefficient (Wildman–Crippen LogP) is 18.7. The van der Waals surface area contributed by atoms with Crippen LogP contribution in [0.2, 0.25) is 0 Å². The van der Waals surface area contributed by atoms with Crippen LogP contribution in [-0.4, -0.2) is 19.5 Å². The molecule has 0 saturated heterocycles. The predicted molar refractivity (Wildman–Crippen MR) is 318 cm³/mol. The normalized spacial score (nSPS) is 13.5. The number of aromatic nitrogens is 4. The van der Waals surface area contributed by atoms with Crippen molar-refractivity contribution >= 4 is 76.1 Å². The van der Waals surface area contributed by atoms with E-state index in [0.29, 0.717) is 17.5 Å². The highest BCUT2D eigenvalue weighted by Gasteiger charge is 2.31. The van der Waals surface area contributed by atoms with Crippen LogP contribution in [0.15, 0.2) is 253 Å². The van der Waals surface area contributed by atoms with E-state index in [0.717, 1.165) is 101 Å². The molecule has 0 spiro atoms. The van der Waals surface area contributed by atoms with E-state index in [9.17, 15) is 0 Å². The van der Waals surface area contributed by atoms with Crippen molar-refractivity contribution in [2.45, 2.75) is 18.8 Å². The molecule has 3 aromatic heterocycles. The Morgan fingerprint density at radius 1 is 0.364 bits per heavy atom. The minimum absolute atomic E-state index is 0.0561. The van der Waals surface area contributed by atoms with Gasteiger partial charge in [-0.05, 0) is 133 Å². The first-order valence-electron chi connectivity index (χ1n) is 26.6. The highest BCUT2D eigenvalue weighted by atomic mass is 16.3. The summed E-state index contributed by atoms with van der Waals surface area (Å²) in [4.78, 5) is 16.7. The van der Waals surface area contributed by atoms with Crippen LogP contribution in [0.1, 0.15) is 29.0 Å². The van der Waals surface area contributed by atoms with Crippen LogP contribution >= 0.6 is 0 Å². The van der Waals surface area contributed by atoms with Gasteiger partial charge in [0.25, 0.3) is 0 Å². The van der Waals surface area contributed by atoms with Crippen LogP contribution in [0.25, 0.3) is 138 Å². The molecule has 1 aliphatic rings. The molecular formula is C72H46N4O. The summed E-state index contributed by atoms with van der Waals surface area (Å²) >= 11 is 0. The molecule has 0 N–H and O–H groups in total. The van der Waals surface area contributed by atoms with Gasteiger partial charge in [-0.15, -0.1) is 0 Å². The number of rotatable bonds is 6. The molecule has 77 heavy (non-hydrogen) atoms. The zero-order valence-corrected chi connectivity index (χ0v) is 41.9. The van der Waals surface area contributed by atoms with Gasteiger partial charge in [-0.1, -0.05) is 194 Å². The number of nitrogens with zero attached hydrogens (tertiary/aromatic N) is 4. The first-order valence-corrected chi connectivity index (χ1v) is 26.6. The maximum Gasteiger partial charge on any atom is 0.164 e. The molecule has 5 heteroatoms. The first kappa shape index (κ1) is 43.4. The van der Waals surface area contributed by atoms with E-state index in [-0.39, 0.29) is 5.92 Å². The van der Waals surface area contributed by atoms with Crippen molar-refractivity contribution in [1.82, 2.24) is 19.5 Å². The topological polar surface area (TPSA) is 56.7 Å². The lowest BCUT2D eigenvalue weighted by molar-refractivity contribution is 0.672. The van der Waals surface area contributed by atoms with Crippen molar-refractivity contribution in [2.24, 2.45) is 0 Å². The Bertz CT molecular complexity index is 4880. The van der Waals surface area contributed by atoms with E-state index in [2.05, 4.69) is 253 Å². The van der Waals surface area contributed by atoms with Gasteiger partial charge in [0.1, 0.15) is 11.2 Å². The highest BCUT2D eigenvalue weighted by molar-refractivity contribution is 6.16. The minimum atomic E-state index is -0.0561. The molecule has 16 rings (SSSR count). The quantitative estimate of drug-likeness (QED) is 0.167. The van der Waals surface area contributed by atoms with Crippen LogP contribution in [-0.2, 0) is 6.42 Å². The second-order valence-electron chi connectivity index (χ2n) is 20.6. The number of hydrogen-bond donors (Lipinski definition) is 0. The summed E-state index contributed by atoms with van der Waals surface area (Å²) in [7, 11) is 0. The summed E-state index contributed by atoms with van der Waals surface area (Å²) in [6.07, 6.45) is 1.76. The Morgan fingerprint density at radius 2 is 0.974 bits per heavy atom. The van der Waals surface area contributed by atoms with Crippen molar-refractivity contribution in [3.63, 3.8) is 0 Å². The van der Waals surface area contributed by atoms with E-state index in [4.69, 9.17) is 19.4 Å². The van der Waals surface area contributed by atoms with Crippen molar-refractivity contribution in [3.05, 3.63) is 265 Å². The highest BCUT2D eigenvalue weighted by Crippen LogP contribution is 2.50. The van der Waals surface area contributed by atoms with Gasteiger partial charge >= 0.3 is 0 Å². The van der Waals surface area contributed by atoms with E-state index < -0.39 is 0 Å². The maximum absolute atomic E-state index is 7.08. The third-order valence-electron chi connectivity index (χ3n) is 16.2. The Morgan fingerprint density at radius 3 is 1.79 bits per heavy atom. The van der Waals surface area contributed by atoms with Gasteiger partial charge in [-0.25, -0.2) is 15.0 Å². The Kier molecular flexibility index (Phi) is 9.76. The van der Waals surface area contributed by atoms with Crippen molar-refractivity contribution in [3.8, 4) is 62.1 Å². The average Bonchev–Trinajstić information content (AvgIpc) is 3.99. The Balaban J connectivity index is 0.989. The molecule has 15 aromatic rings. The molecule has 1 unspecified atom stereocenters. The molecule has 0 amide bonds.